The third kappa shape index (κ3) is 1.98. The van der Waals surface area contributed by atoms with Gasteiger partial charge in [-0.05, 0) is 30.5 Å². The first-order valence-corrected chi connectivity index (χ1v) is 5.17. The van der Waals surface area contributed by atoms with Crippen LogP contribution in [0, 0.1) is 0 Å². The molecule has 0 aliphatic rings. The van der Waals surface area contributed by atoms with Crippen LogP contribution < -0.4 is 5.32 Å². The number of phenols is 1. The van der Waals surface area contributed by atoms with E-state index in [-0.39, 0.29) is 11.8 Å². The summed E-state index contributed by atoms with van der Waals surface area (Å²) in [7, 11) is 0. The standard InChI is InChI=1S/C13H14N2O/c1-3-9(2)15-13-12-8-11(16)5-4-10(12)6-7-14-13/h3-9,16H,1H2,2H3,(H,14,15). The van der Waals surface area contributed by atoms with Crippen molar-refractivity contribution >= 4 is 16.6 Å². The molecule has 1 unspecified atom stereocenters. The number of nitrogens with one attached hydrogen (secondary N) is 1. The van der Waals surface area contributed by atoms with Gasteiger partial charge < -0.3 is 10.4 Å². The Morgan fingerprint density at radius 1 is 1.44 bits per heavy atom. The predicted octanol–water partition coefficient (Wildman–Crippen LogP) is 2.93. The van der Waals surface area contributed by atoms with E-state index in [9.17, 15) is 5.11 Å². The summed E-state index contributed by atoms with van der Waals surface area (Å²) in [5.41, 5.74) is 0. The molecule has 2 aromatic rings. The van der Waals surface area contributed by atoms with E-state index in [4.69, 9.17) is 0 Å². The number of benzene rings is 1. The molecule has 0 radical (unpaired) electrons. The molecule has 2 rings (SSSR count). The normalized spacial score (nSPS) is 12.3. The Kier molecular flexibility index (Phi) is 2.77. The summed E-state index contributed by atoms with van der Waals surface area (Å²) in [5.74, 6) is 1.01. The fourth-order valence-corrected chi connectivity index (χ4v) is 1.55. The van der Waals surface area contributed by atoms with Gasteiger partial charge in [0.25, 0.3) is 0 Å². The van der Waals surface area contributed by atoms with Crippen molar-refractivity contribution in [3.8, 4) is 5.75 Å². The summed E-state index contributed by atoms with van der Waals surface area (Å²) in [5, 5.41) is 14.7. The molecule has 0 spiro atoms. The molecule has 2 N–H and O–H groups in total. The number of nitrogens with zero attached hydrogens (tertiary/aromatic N) is 1. The monoisotopic (exact) mass is 214 g/mol. The number of hydrogen-bond acceptors (Lipinski definition) is 3. The highest BCUT2D eigenvalue weighted by molar-refractivity contribution is 5.92. The van der Waals surface area contributed by atoms with E-state index in [1.54, 1.807) is 18.3 Å². The van der Waals surface area contributed by atoms with Crippen molar-refractivity contribution in [1.82, 2.24) is 4.98 Å². The number of phenolic OH excluding ortho intramolecular Hbond substituents is 1. The van der Waals surface area contributed by atoms with Crippen LogP contribution in [-0.2, 0) is 0 Å². The van der Waals surface area contributed by atoms with Crippen LogP contribution in [0.3, 0.4) is 0 Å². The number of rotatable bonds is 3. The van der Waals surface area contributed by atoms with E-state index in [0.717, 1.165) is 16.6 Å². The fraction of sp³-hybridized carbons (Fsp3) is 0.154. The average Bonchev–Trinajstić information content (AvgIpc) is 2.29. The number of aromatic hydroxyl groups is 1. The van der Waals surface area contributed by atoms with E-state index in [1.807, 2.05) is 25.1 Å². The summed E-state index contributed by atoms with van der Waals surface area (Å²) in [6.07, 6.45) is 3.56. The van der Waals surface area contributed by atoms with Crippen molar-refractivity contribution in [2.45, 2.75) is 13.0 Å². The summed E-state index contributed by atoms with van der Waals surface area (Å²) < 4.78 is 0. The molecular weight excluding hydrogens is 200 g/mol. The van der Waals surface area contributed by atoms with Gasteiger partial charge in [-0.1, -0.05) is 12.1 Å². The molecule has 1 heterocycles. The van der Waals surface area contributed by atoms with E-state index in [1.165, 1.54) is 0 Å². The summed E-state index contributed by atoms with van der Waals surface area (Å²) in [4.78, 5) is 4.27. The van der Waals surface area contributed by atoms with Crippen molar-refractivity contribution in [1.29, 1.82) is 0 Å². The number of aromatic nitrogens is 1. The maximum absolute atomic E-state index is 9.47. The van der Waals surface area contributed by atoms with Gasteiger partial charge in [-0.25, -0.2) is 4.98 Å². The number of fused-ring (bicyclic) bond motifs is 1. The van der Waals surface area contributed by atoms with Gasteiger partial charge in [-0.15, -0.1) is 6.58 Å². The Bertz CT molecular complexity index is 522. The molecule has 16 heavy (non-hydrogen) atoms. The smallest absolute Gasteiger partial charge is 0.134 e. The van der Waals surface area contributed by atoms with Crippen LogP contribution in [0.25, 0.3) is 10.8 Å². The zero-order chi connectivity index (χ0) is 11.5. The maximum atomic E-state index is 9.47. The van der Waals surface area contributed by atoms with Crippen LogP contribution in [0.5, 0.6) is 5.75 Å². The van der Waals surface area contributed by atoms with E-state index in [2.05, 4.69) is 16.9 Å². The summed E-state index contributed by atoms with van der Waals surface area (Å²) in [6.45, 7) is 5.71. The minimum Gasteiger partial charge on any atom is -0.508 e. The zero-order valence-electron chi connectivity index (χ0n) is 9.14. The second-order valence-corrected chi connectivity index (χ2v) is 3.73. The van der Waals surface area contributed by atoms with Crippen LogP contribution in [0.15, 0.2) is 43.1 Å². The van der Waals surface area contributed by atoms with Gasteiger partial charge in [0.15, 0.2) is 0 Å². The van der Waals surface area contributed by atoms with Gasteiger partial charge in [-0.2, -0.15) is 0 Å². The first-order valence-electron chi connectivity index (χ1n) is 5.17. The lowest BCUT2D eigenvalue weighted by molar-refractivity contribution is 0.476. The third-order valence-electron chi connectivity index (χ3n) is 2.47. The van der Waals surface area contributed by atoms with Gasteiger partial charge in [0.1, 0.15) is 11.6 Å². The Morgan fingerprint density at radius 3 is 3.00 bits per heavy atom. The molecule has 0 aliphatic carbocycles. The van der Waals surface area contributed by atoms with Crippen LogP contribution in [0.4, 0.5) is 5.82 Å². The maximum Gasteiger partial charge on any atom is 0.134 e. The molecule has 0 fully saturated rings. The number of anilines is 1. The molecule has 0 amide bonds. The Hall–Kier alpha value is -2.03. The second-order valence-electron chi connectivity index (χ2n) is 3.73. The minimum absolute atomic E-state index is 0.139. The second kappa shape index (κ2) is 4.23. The van der Waals surface area contributed by atoms with E-state index >= 15 is 0 Å². The van der Waals surface area contributed by atoms with Crippen LogP contribution in [0.1, 0.15) is 6.92 Å². The van der Waals surface area contributed by atoms with Crippen LogP contribution >= 0.6 is 0 Å². The lowest BCUT2D eigenvalue weighted by Crippen LogP contribution is -2.12. The zero-order valence-corrected chi connectivity index (χ0v) is 9.14. The highest BCUT2D eigenvalue weighted by atomic mass is 16.3. The molecule has 1 atom stereocenters. The Morgan fingerprint density at radius 2 is 2.25 bits per heavy atom. The lowest BCUT2D eigenvalue weighted by Gasteiger charge is -2.12. The largest absolute Gasteiger partial charge is 0.508 e. The molecule has 0 bridgehead atoms. The van der Waals surface area contributed by atoms with Gasteiger partial charge in [0, 0.05) is 17.6 Å². The van der Waals surface area contributed by atoms with Crippen molar-refractivity contribution in [3.63, 3.8) is 0 Å². The molecule has 0 aliphatic heterocycles. The number of pyridine rings is 1. The molecule has 82 valence electrons. The van der Waals surface area contributed by atoms with Gasteiger partial charge in [0.2, 0.25) is 0 Å². The van der Waals surface area contributed by atoms with Gasteiger partial charge >= 0.3 is 0 Å². The molecule has 3 heteroatoms. The first-order chi connectivity index (χ1) is 7.70. The Labute approximate surface area is 94.4 Å². The molecule has 0 saturated carbocycles. The fourth-order valence-electron chi connectivity index (χ4n) is 1.55. The van der Waals surface area contributed by atoms with Crippen molar-refractivity contribution in [3.05, 3.63) is 43.1 Å². The SMILES string of the molecule is C=CC(C)Nc1nccc2ccc(O)cc12. The summed E-state index contributed by atoms with van der Waals surface area (Å²) in [6, 6.07) is 7.30. The molecule has 1 aromatic carbocycles. The first kappa shape index (κ1) is 10.5. The van der Waals surface area contributed by atoms with E-state index in [0.29, 0.717) is 0 Å². The van der Waals surface area contributed by atoms with Crippen molar-refractivity contribution in [2.75, 3.05) is 5.32 Å². The van der Waals surface area contributed by atoms with Crippen molar-refractivity contribution < 1.29 is 5.11 Å². The molecule has 1 aromatic heterocycles. The average molecular weight is 214 g/mol. The summed E-state index contributed by atoms with van der Waals surface area (Å²) >= 11 is 0. The molecule has 0 saturated heterocycles. The predicted molar refractivity (Wildman–Crippen MR) is 66.7 cm³/mol. The minimum atomic E-state index is 0.139. The van der Waals surface area contributed by atoms with Gasteiger partial charge in [-0.3, -0.25) is 0 Å². The highest BCUT2D eigenvalue weighted by Gasteiger charge is 2.04. The third-order valence-corrected chi connectivity index (χ3v) is 2.47. The molecular formula is C13H14N2O. The van der Waals surface area contributed by atoms with Gasteiger partial charge in [0.05, 0.1) is 0 Å². The topological polar surface area (TPSA) is 45.2 Å². The van der Waals surface area contributed by atoms with Crippen LogP contribution in [0.2, 0.25) is 0 Å². The molecule has 3 nitrogen and oxygen atoms in total. The quantitative estimate of drug-likeness (QED) is 0.772. The van der Waals surface area contributed by atoms with Crippen molar-refractivity contribution in [2.24, 2.45) is 0 Å². The lowest BCUT2D eigenvalue weighted by atomic mass is 10.1. The number of hydrogen-bond donors (Lipinski definition) is 2. The van der Waals surface area contributed by atoms with Crippen LogP contribution in [-0.4, -0.2) is 16.1 Å². The Balaban J connectivity index is 2.51. The highest BCUT2D eigenvalue weighted by Crippen LogP contribution is 2.25. The van der Waals surface area contributed by atoms with E-state index < -0.39 is 0 Å².